The second kappa shape index (κ2) is 3.35. The van der Waals surface area contributed by atoms with Crippen molar-refractivity contribution in [3.8, 4) is 0 Å². The van der Waals surface area contributed by atoms with Crippen LogP contribution in [0.1, 0.15) is 33.1 Å². The molecule has 0 aromatic rings. The molecule has 0 bridgehead atoms. The van der Waals surface area contributed by atoms with Crippen LogP contribution in [0.3, 0.4) is 0 Å². The van der Waals surface area contributed by atoms with Crippen molar-refractivity contribution < 1.29 is 9.59 Å². The van der Waals surface area contributed by atoms with E-state index in [1.54, 1.807) is 0 Å². The number of amides is 2. The lowest BCUT2D eigenvalue weighted by molar-refractivity contribution is -0.140. The van der Waals surface area contributed by atoms with E-state index in [2.05, 4.69) is 5.32 Å². The highest BCUT2D eigenvalue weighted by atomic mass is 16.2. The largest absolute Gasteiger partial charge is 0.303 e. The van der Waals surface area contributed by atoms with Gasteiger partial charge in [-0.05, 0) is 26.7 Å². The fraction of sp³-hybridized carbons (Fsp3) is 0.800. The first-order valence-electron chi connectivity index (χ1n) is 5.21. The summed E-state index contributed by atoms with van der Waals surface area (Å²) in [5.41, 5.74) is 0. The summed E-state index contributed by atoms with van der Waals surface area (Å²) in [7, 11) is 0. The Kier molecular flexibility index (Phi) is 2.31. The first-order chi connectivity index (χ1) is 6.59. The molecule has 1 atom stereocenters. The molecule has 0 spiro atoms. The molecule has 2 fully saturated rings. The maximum absolute atomic E-state index is 11.8. The minimum atomic E-state index is -0.252. The van der Waals surface area contributed by atoms with Gasteiger partial charge in [0.15, 0.2) is 0 Å². The number of nitrogens with one attached hydrogen (secondary N) is 1. The summed E-state index contributed by atoms with van der Waals surface area (Å²) in [6.45, 7) is 3.74. The number of hydrogen-bond donors (Lipinski definition) is 1. The summed E-state index contributed by atoms with van der Waals surface area (Å²) in [6.07, 6.45) is 2.62. The maximum Gasteiger partial charge on any atom is 0.247 e. The molecule has 1 aliphatic heterocycles. The van der Waals surface area contributed by atoms with Gasteiger partial charge in [0.2, 0.25) is 11.8 Å². The lowest BCUT2D eigenvalue weighted by Crippen LogP contribution is -2.42. The third-order valence-corrected chi connectivity index (χ3v) is 2.71. The van der Waals surface area contributed by atoms with E-state index in [0.717, 1.165) is 12.8 Å². The normalized spacial score (nSPS) is 27.9. The summed E-state index contributed by atoms with van der Waals surface area (Å²) in [4.78, 5) is 24.6. The molecule has 1 saturated carbocycles. The molecule has 0 aromatic heterocycles. The van der Waals surface area contributed by atoms with Gasteiger partial charge in [-0.1, -0.05) is 0 Å². The lowest BCUT2D eigenvalue weighted by atomic mass is 10.2. The molecule has 1 unspecified atom stereocenters. The molecule has 4 nitrogen and oxygen atoms in total. The van der Waals surface area contributed by atoms with Crippen LogP contribution in [-0.4, -0.2) is 34.8 Å². The quantitative estimate of drug-likeness (QED) is 0.659. The van der Waals surface area contributed by atoms with E-state index in [1.807, 2.05) is 13.8 Å². The molecule has 4 heteroatoms. The Morgan fingerprint density at radius 1 is 1.36 bits per heavy atom. The van der Waals surface area contributed by atoms with Crippen LogP contribution in [0, 0.1) is 0 Å². The highest BCUT2D eigenvalue weighted by Crippen LogP contribution is 2.23. The Bertz CT molecular complexity index is 271. The van der Waals surface area contributed by atoms with E-state index in [4.69, 9.17) is 0 Å². The minimum Gasteiger partial charge on any atom is -0.303 e. The molecule has 1 N–H and O–H groups in total. The van der Waals surface area contributed by atoms with Crippen molar-refractivity contribution in [2.45, 2.75) is 51.2 Å². The molecule has 0 radical (unpaired) electrons. The van der Waals surface area contributed by atoms with E-state index in [-0.39, 0.29) is 23.9 Å². The molecular formula is C10H16N2O2. The van der Waals surface area contributed by atoms with Gasteiger partial charge in [-0.2, -0.15) is 0 Å². The van der Waals surface area contributed by atoms with Gasteiger partial charge >= 0.3 is 0 Å². The van der Waals surface area contributed by atoms with Gasteiger partial charge in [0.25, 0.3) is 0 Å². The standard InChI is InChI=1S/C10H16N2O2/c1-6(2)12-9(13)5-8(10(12)14)11-7-3-4-7/h6-8,11H,3-5H2,1-2H3. The highest BCUT2D eigenvalue weighted by molar-refractivity contribution is 6.05. The fourth-order valence-corrected chi connectivity index (χ4v) is 1.86. The SMILES string of the molecule is CC(C)N1C(=O)CC(NC2CC2)C1=O. The van der Waals surface area contributed by atoms with Crippen LogP contribution in [0.25, 0.3) is 0 Å². The number of hydrogen-bond acceptors (Lipinski definition) is 3. The number of imide groups is 1. The minimum absolute atomic E-state index is 0.0130. The molecule has 2 rings (SSSR count). The summed E-state index contributed by atoms with van der Waals surface area (Å²) in [5.74, 6) is -0.0833. The fourth-order valence-electron chi connectivity index (χ4n) is 1.86. The second-order valence-electron chi connectivity index (χ2n) is 4.39. The molecule has 0 aromatic carbocycles. The van der Waals surface area contributed by atoms with Gasteiger partial charge in [0.1, 0.15) is 0 Å². The predicted octanol–water partition coefficient (Wildman–Crippen LogP) is 0.274. The van der Waals surface area contributed by atoms with E-state index >= 15 is 0 Å². The van der Waals surface area contributed by atoms with Crippen LogP contribution in [0.5, 0.6) is 0 Å². The van der Waals surface area contributed by atoms with Gasteiger partial charge in [-0.15, -0.1) is 0 Å². The number of likely N-dealkylation sites (tertiary alicyclic amines) is 1. The average molecular weight is 196 g/mol. The van der Waals surface area contributed by atoms with Crippen molar-refractivity contribution in [2.75, 3.05) is 0 Å². The van der Waals surface area contributed by atoms with Gasteiger partial charge in [-0.3, -0.25) is 14.5 Å². The Balaban J connectivity index is 2.02. The molecule has 1 aliphatic carbocycles. The predicted molar refractivity (Wildman–Crippen MR) is 51.6 cm³/mol. The van der Waals surface area contributed by atoms with Crippen LogP contribution in [0.4, 0.5) is 0 Å². The Hall–Kier alpha value is -0.900. The highest BCUT2D eigenvalue weighted by Gasteiger charge is 2.41. The van der Waals surface area contributed by atoms with Gasteiger partial charge in [0, 0.05) is 12.1 Å². The third kappa shape index (κ3) is 1.66. The van der Waals surface area contributed by atoms with Crippen molar-refractivity contribution in [2.24, 2.45) is 0 Å². The number of carbonyl (C=O) groups is 2. The van der Waals surface area contributed by atoms with Crippen molar-refractivity contribution in [1.29, 1.82) is 0 Å². The number of carbonyl (C=O) groups excluding carboxylic acids is 2. The summed E-state index contributed by atoms with van der Waals surface area (Å²) >= 11 is 0. The number of nitrogens with zero attached hydrogens (tertiary/aromatic N) is 1. The first kappa shape index (κ1) is 9.65. The van der Waals surface area contributed by atoms with E-state index in [0.29, 0.717) is 12.5 Å². The lowest BCUT2D eigenvalue weighted by Gasteiger charge is -2.19. The van der Waals surface area contributed by atoms with E-state index < -0.39 is 0 Å². The van der Waals surface area contributed by atoms with Crippen molar-refractivity contribution in [3.63, 3.8) is 0 Å². The molecule has 1 heterocycles. The zero-order valence-electron chi connectivity index (χ0n) is 8.62. The van der Waals surface area contributed by atoms with Crippen molar-refractivity contribution in [3.05, 3.63) is 0 Å². The number of rotatable bonds is 3. The van der Waals surface area contributed by atoms with E-state index in [9.17, 15) is 9.59 Å². The van der Waals surface area contributed by atoms with Gasteiger partial charge < -0.3 is 5.32 Å². The summed E-state index contributed by atoms with van der Waals surface area (Å²) < 4.78 is 0. The van der Waals surface area contributed by atoms with Gasteiger partial charge in [-0.25, -0.2) is 0 Å². The molecule has 2 aliphatic rings. The Morgan fingerprint density at radius 3 is 2.43 bits per heavy atom. The first-order valence-corrected chi connectivity index (χ1v) is 5.21. The van der Waals surface area contributed by atoms with Crippen LogP contribution >= 0.6 is 0 Å². The molecule has 2 amide bonds. The Morgan fingerprint density at radius 2 is 2.00 bits per heavy atom. The van der Waals surface area contributed by atoms with Crippen LogP contribution < -0.4 is 5.32 Å². The van der Waals surface area contributed by atoms with Gasteiger partial charge in [0.05, 0.1) is 12.5 Å². The Labute approximate surface area is 83.6 Å². The maximum atomic E-state index is 11.8. The molecule has 1 saturated heterocycles. The smallest absolute Gasteiger partial charge is 0.247 e. The van der Waals surface area contributed by atoms with Crippen molar-refractivity contribution in [1.82, 2.24) is 10.2 Å². The zero-order valence-corrected chi connectivity index (χ0v) is 8.62. The van der Waals surface area contributed by atoms with E-state index in [1.165, 1.54) is 4.90 Å². The van der Waals surface area contributed by atoms with Crippen LogP contribution in [0.2, 0.25) is 0 Å². The summed E-state index contributed by atoms with van der Waals surface area (Å²) in [5, 5.41) is 3.21. The monoisotopic (exact) mass is 196 g/mol. The van der Waals surface area contributed by atoms with Crippen molar-refractivity contribution >= 4 is 11.8 Å². The van der Waals surface area contributed by atoms with Crippen LogP contribution in [-0.2, 0) is 9.59 Å². The molecular weight excluding hydrogens is 180 g/mol. The van der Waals surface area contributed by atoms with Crippen LogP contribution in [0.15, 0.2) is 0 Å². The third-order valence-electron chi connectivity index (χ3n) is 2.71. The molecule has 78 valence electrons. The zero-order chi connectivity index (χ0) is 10.3. The molecule has 14 heavy (non-hydrogen) atoms. The summed E-state index contributed by atoms with van der Waals surface area (Å²) in [6, 6.07) is 0.210. The second-order valence-corrected chi connectivity index (χ2v) is 4.39. The topological polar surface area (TPSA) is 49.4 Å². The average Bonchev–Trinajstić information content (AvgIpc) is 2.81.